The van der Waals surface area contributed by atoms with Crippen molar-refractivity contribution in [3.8, 4) is 11.5 Å². The summed E-state index contributed by atoms with van der Waals surface area (Å²) in [5, 5.41) is 49.5. The topological polar surface area (TPSA) is 248 Å². The number of nitrogen functional groups attached to an aromatic ring is 1. The smallest absolute Gasteiger partial charge is 0.546 e. The van der Waals surface area contributed by atoms with Crippen molar-refractivity contribution in [2.45, 2.75) is 15.6 Å². The molecule has 2 aromatic heterocycles. The number of rotatable bonds is 10. The van der Waals surface area contributed by atoms with Gasteiger partial charge >= 0.3 is 59.1 Å². The second kappa shape index (κ2) is 16.0. The molecule has 5 rings (SSSR count). The molecular formula is C24H16BrN5Na2O10S4. The van der Waals surface area contributed by atoms with E-state index in [1.807, 2.05) is 0 Å². The van der Waals surface area contributed by atoms with Crippen molar-refractivity contribution in [3.63, 3.8) is 0 Å². The van der Waals surface area contributed by atoms with Crippen molar-refractivity contribution in [2.75, 3.05) is 23.8 Å². The van der Waals surface area contributed by atoms with Crippen LogP contribution in [0.2, 0.25) is 0 Å². The Hall–Kier alpha value is -1.85. The number of hydrogen-bond donors (Lipinski definition) is 4. The molecule has 1 saturated heterocycles. The summed E-state index contributed by atoms with van der Waals surface area (Å²) >= 11 is 7.62. The largest absolute Gasteiger partial charge is 1.00 e. The molecule has 5 N–H and O–H groups in total. The van der Waals surface area contributed by atoms with Gasteiger partial charge in [0.2, 0.25) is 0 Å². The van der Waals surface area contributed by atoms with Gasteiger partial charge in [0.1, 0.15) is 17.1 Å². The Kier molecular flexibility index (Phi) is 13.5. The van der Waals surface area contributed by atoms with Crippen LogP contribution in [0.1, 0.15) is 5.69 Å². The molecule has 4 heterocycles. The summed E-state index contributed by atoms with van der Waals surface area (Å²) in [4.78, 5) is 71.2. The number of carbonyl (C=O) groups excluding carboxylic acids is 4. The van der Waals surface area contributed by atoms with Crippen LogP contribution in [0.3, 0.4) is 0 Å². The number of carboxylic acid groups (broad SMARTS) is 2. The summed E-state index contributed by atoms with van der Waals surface area (Å²) in [6, 6.07) is 1.32. The Bertz CT molecular complexity index is 1870. The Morgan fingerprint density at radius 1 is 1.24 bits per heavy atom. The van der Waals surface area contributed by atoms with Gasteiger partial charge < -0.3 is 45.9 Å². The number of carbonyl (C=O) groups is 4. The molecule has 2 aliphatic heterocycles. The van der Waals surface area contributed by atoms with Crippen LogP contribution in [0.25, 0.3) is 10.1 Å². The molecule has 1 aromatic carbocycles. The summed E-state index contributed by atoms with van der Waals surface area (Å²) < 4.78 is 1.01. The van der Waals surface area contributed by atoms with Gasteiger partial charge in [0.05, 0.1) is 31.0 Å². The third-order valence-corrected chi connectivity index (χ3v) is 11.6. The van der Waals surface area contributed by atoms with Crippen molar-refractivity contribution in [3.05, 3.63) is 49.2 Å². The van der Waals surface area contributed by atoms with Gasteiger partial charge in [-0.2, -0.15) is 0 Å². The van der Waals surface area contributed by atoms with Gasteiger partial charge in [0.15, 0.2) is 34.4 Å². The quantitative estimate of drug-likeness (QED) is 0.0373. The van der Waals surface area contributed by atoms with Crippen molar-refractivity contribution in [2.24, 2.45) is 5.16 Å². The number of oxime groups is 1. The zero-order valence-electron chi connectivity index (χ0n) is 23.6. The predicted molar refractivity (Wildman–Crippen MR) is 161 cm³/mol. The Labute approximate surface area is 327 Å². The molecule has 22 heteroatoms. The normalized spacial score (nSPS) is 17.4. The minimum atomic E-state index is -1.60. The summed E-state index contributed by atoms with van der Waals surface area (Å²) in [6.07, 6.45) is 0. The number of aliphatic carboxylic acids is 2. The second-order valence-corrected chi connectivity index (χ2v) is 14.0. The van der Waals surface area contributed by atoms with Crippen LogP contribution in [0.5, 0.6) is 11.5 Å². The number of fused-ring (bicyclic) bond motifs is 2. The van der Waals surface area contributed by atoms with Crippen LogP contribution in [0.15, 0.2) is 47.4 Å². The number of amides is 2. The van der Waals surface area contributed by atoms with Crippen LogP contribution >= 0.6 is 62.1 Å². The third-order valence-electron chi connectivity index (χ3n) is 6.13. The van der Waals surface area contributed by atoms with Crippen LogP contribution in [0.4, 0.5) is 5.13 Å². The fourth-order valence-electron chi connectivity index (χ4n) is 4.18. The van der Waals surface area contributed by atoms with Crippen LogP contribution in [-0.4, -0.2) is 79.1 Å². The number of phenolic OH excluding ortho intramolecular Hbond substituents is 2. The Balaban J connectivity index is 0.00000288. The number of aromatic nitrogens is 1. The summed E-state index contributed by atoms with van der Waals surface area (Å²) in [7, 11) is 0. The molecule has 0 spiro atoms. The maximum atomic E-state index is 13.1. The number of benzene rings is 1. The number of β-lactam (4-membered cyclic amide) rings is 1. The van der Waals surface area contributed by atoms with E-state index in [0.717, 1.165) is 45.4 Å². The van der Waals surface area contributed by atoms with Gasteiger partial charge in [-0.3, -0.25) is 19.3 Å². The molecule has 0 bridgehead atoms. The van der Waals surface area contributed by atoms with Gasteiger partial charge in [-0.15, -0.1) is 46.2 Å². The van der Waals surface area contributed by atoms with Gasteiger partial charge in [0.25, 0.3) is 11.8 Å². The molecule has 46 heavy (non-hydrogen) atoms. The van der Waals surface area contributed by atoms with Gasteiger partial charge in [0, 0.05) is 28.3 Å². The zero-order chi connectivity index (χ0) is 31.9. The molecule has 3 aromatic rings. The Morgan fingerprint density at radius 2 is 1.96 bits per heavy atom. The molecule has 15 nitrogen and oxygen atoms in total. The van der Waals surface area contributed by atoms with Crippen LogP contribution in [0, 0.1) is 0 Å². The van der Waals surface area contributed by atoms with E-state index >= 15 is 0 Å². The number of hydrogen-bond acceptors (Lipinski definition) is 17. The zero-order valence-corrected chi connectivity index (χ0v) is 32.5. The molecular weight excluding hydrogens is 772 g/mol. The van der Waals surface area contributed by atoms with Crippen molar-refractivity contribution >= 4 is 107 Å². The SMILES string of the molecule is Nc1nc(/C(=N/OCC(=O)[O-])C(=O)N[C@@H]2C(=O)N3C(C(=O)[O-])=C(CSc4cc(=O)c5cc(O)c(O)c(Br)c5s4)CS[C@@H]23)cs1.[Na+].[Na+]. The first kappa shape index (κ1) is 38.6. The molecule has 0 radical (unpaired) electrons. The summed E-state index contributed by atoms with van der Waals surface area (Å²) in [6.45, 7) is -0.953. The standard InChI is InChI=1S/C24H18BrN5O10S4.2Na/c25-14-18(35)11(32)1-8-10(31)2-13(44-19(8)14)41-4-7-5-42-22-16(21(37)30(22)17(7)23(38)39)28-20(36)15(29-40-3-12(33)34)9-6-43-24(26)27-9;;/h1-2,6,16,22,32,35H,3-5H2,(H2,26,27)(H,28,36)(H,33,34)(H,38,39);;/q;2*+1/p-2/b29-15-;;/t16-,22+;;/m1../s1. The van der Waals surface area contributed by atoms with Gasteiger partial charge in [-0.25, -0.2) is 4.98 Å². The molecule has 2 aliphatic rings. The maximum Gasteiger partial charge on any atom is 1.00 e. The number of nitrogens with two attached hydrogens (primary N) is 1. The predicted octanol–water partition coefficient (Wildman–Crippen LogP) is -6.85. The number of nitrogens with one attached hydrogen (secondary N) is 1. The monoisotopic (exact) mass is 787 g/mol. The van der Waals surface area contributed by atoms with Gasteiger partial charge in [-0.05, 0) is 27.6 Å². The number of halogens is 1. The number of thiazole rings is 1. The first-order valence-electron chi connectivity index (χ1n) is 12.0. The van der Waals surface area contributed by atoms with Crippen molar-refractivity contribution in [1.29, 1.82) is 0 Å². The number of thioether (sulfide) groups is 2. The molecule has 0 saturated carbocycles. The maximum absolute atomic E-state index is 13.1. The fraction of sp³-hybridized carbons (Fsp3) is 0.208. The first-order valence-corrected chi connectivity index (χ1v) is 16.5. The van der Waals surface area contributed by atoms with E-state index in [4.69, 9.17) is 5.73 Å². The molecule has 1 fully saturated rings. The van der Waals surface area contributed by atoms with Crippen LogP contribution in [-0.2, 0) is 24.0 Å². The van der Waals surface area contributed by atoms with Gasteiger partial charge in [-0.1, -0.05) is 5.16 Å². The van der Waals surface area contributed by atoms with E-state index in [1.165, 1.54) is 23.2 Å². The van der Waals surface area contributed by atoms with E-state index in [9.17, 15) is 44.4 Å². The summed E-state index contributed by atoms with van der Waals surface area (Å²) in [5.74, 6) is -5.53. The van der Waals surface area contributed by atoms with E-state index in [1.54, 1.807) is 0 Å². The average molecular weight is 789 g/mol. The minimum Gasteiger partial charge on any atom is -0.546 e. The van der Waals surface area contributed by atoms with Crippen molar-refractivity contribution in [1.82, 2.24) is 15.2 Å². The minimum absolute atomic E-state index is 0. The second-order valence-electron chi connectivity index (χ2n) is 8.91. The number of anilines is 1. The molecule has 0 unspecified atom stereocenters. The number of phenols is 2. The molecule has 2 atom stereocenters. The number of carboxylic acids is 2. The molecule has 2 amide bonds. The third kappa shape index (κ3) is 7.88. The van der Waals surface area contributed by atoms with Crippen molar-refractivity contribution < 1.29 is 104 Å². The van der Waals surface area contributed by atoms with E-state index < -0.39 is 64.4 Å². The molecule has 0 aliphatic carbocycles. The van der Waals surface area contributed by atoms with E-state index in [2.05, 4.69) is 36.2 Å². The van der Waals surface area contributed by atoms with Crippen LogP contribution < -0.4 is 85.8 Å². The number of nitrogens with zero attached hydrogens (tertiary/aromatic N) is 3. The number of aromatic hydroxyl groups is 2. The summed E-state index contributed by atoms with van der Waals surface area (Å²) in [5.41, 5.74) is 4.70. The first-order chi connectivity index (χ1) is 20.9. The fourth-order valence-corrected chi connectivity index (χ4v) is 9.09. The average Bonchev–Trinajstić information content (AvgIpc) is 3.41. The molecule has 230 valence electrons. The van der Waals surface area contributed by atoms with E-state index in [-0.39, 0.29) is 97.0 Å². The van der Waals surface area contributed by atoms with E-state index in [0.29, 0.717) is 14.5 Å². The Morgan fingerprint density at radius 3 is 2.59 bits per heavy atom.